The Kier molecular flexibility index (Phi) is 16.6. The molecule has 0 saturated heterocycles. The number of aliphatic imine (C=N–C) groups is 4. The minimum Gasteiger partial charge on any atom is -0.373 e. The van der Waals surface area contributed by atoms with Gasteiger partial charge in [-0.05, 0) is 158 Å². The van der Waals surface area contributed by atoms with Crippen LogP contribution in [-0.4, -0.2) is 112 Å². The van der Waals surface area contributed by atoms with Crippen molar-refractivity contribution in [1.82, 2.24) is 21.3 Å². The van der Waals surface area contributed by atoms with Crippen molar-refractivity contribution >= 4 is 105 Å². The molecule has 22 nitrogen and oxygen atoms in total. The Hall–Kier alpha value is -11.2. The first-order chi connectivity index (χ1) is 39.9. The largest absolute Gasteiger partial charge is 0.373 e. The first-order valence-electron chi connectivity index (χ1n) is 26.2. The van der Waals surface area contributed by atoms with E-state index >= 15 is 0 Å². The first kappa shape index (κ1) is 54.2. The highest BCUT2D eigenvalue weighted by Gasteiger charge is 2.21. The molecule has 12 N–H and O–H groups in total. The van der Waals surface area contributed by atoms with E-state index in [1.54, 1.807) is 62.6 Å². The maximum atomic E-state index is 13.9. The molecule has 0 bridgehead atoms. The Balaban J connectivity index is 0.822. The molecule has 412 valence electrons. The highest BCUT2D eigenvalue weighted by atomic mass is 16.2. The fourth-order valence-electron chi connectivity index (χ4n) is 8.99. The highest BCUT2D eigenvalue weighted by molar-refractivity contribution is 6.16. The van der Waals surface area contributed by atoms with Gasteiger partial charge in [0.2, 0.25) is 0 Å². The molecule has 0 unspecified atom stereocenters. The lowest BCUT2D eigenvalue weighted by Crippen LogP contribution is -2.24. The van der Waals surface area contributed by atoms with Crippen molar-refractivity contribution < 1.29 is 28.8 Å². The zero-order chi connectivity index (χ0) is 57.0. The smallest absolute Gasteiger partial charge is 0.323 e. The van der Waals surface area contributed by atoms with Gasteiger partial charge in [0.1, 0.15) is 23.3 Å². The van der Waals surface area contributed by atoms with Crippen LogP contribution < -0.4 is 63.8 Å². The molecule has 0 spiro atoms. The molecule has 3 aliphatic rings. The van der Waals surface area contributed by atoms with Crippen molar-refractivity contribution in [3.8, 4) is 0 Å². The molecule has 0 aromatic heterocycles. The summed E-state index contributed by atoms with van der Waals surface area (Å²) < 4.78 is 0. The number of nitrogens with zero attached hydrogens (tertiary/aromatic N) is 4. The van der Waals surface area contributed by atoms with Crippen LogP contribution in [0.2, 0.25) is 0 Å². The second-order valence-corrected chi connectivity index (χ2v) is 18.7. The van der Waals surface area contributed by atoms with Crippen molar-refractivity contribution in [2.75, 3.05) is 95.9 Å². The van der Waals surface area contributed by atoms with Crippen LogP contribution in [0.15, 0.2) is 178 Å². The number of amides is 8. The molecule has 0 radical (unpaired) electrons. The summed E-state index contributed by atoms with van der Waals surface area (Å²) in [7, 11) is 3.43. The van der Waals surface area contributed by atoms with Gasteiger partial charge in [-0.1, -0.05) is 0 Å². The minimum atomic E-state index is -0.744. The Morgan fingerprint density at radius 1 is 0.378 bits per heavy atom. The summed E-state index contributed by atoms with van der Waals surface area (Å²) >= 11 is 0. The lowest BCUT2D eigenvalue weighted by Gasteiger charge is -2.15. The predicted octanol–water partition coefficient (Wildman–Crippen LogP) is 7.63. The number of rotatable bonds is 16. The van der Waals surface area contributed by atoms with Gasteiger partial charge in [0.05, 0.1) is 42.1 Å². The minimum absolute atomic E-state index is 0.0357. The van der Waals surface area contributed by atoms with E-state index in [-0.39, 0.29) is 33.6 Å². The molecule has 10 rings (SSSR count). The molecule has 0 saturated carbocycles. The third-order valence-corrected chi connectivity index (χ3v) is 13.1. The van der Waals surface area contributed by atoms with Gasteiger partial charge in [-0.25, -0.2) is 9.59 Å². The standard InChI is InChI=1S/C60H56N16O6/c1-61-51(62-2)35-3-13-41(14-4-35)69-55(77)39-11-25-47(57(79)71-43-17-7-37(8-18-43)53-65-29-30-66-53)49(33-39)75-59(81)73-45-21-23-46(24-22-45)74-60(82)76-50-34-40(56(78)70-42-15-5-36(6-16-42)52-63-27-28-64-52)12-26-48(50)58(80)72-44-19-9-38(10-20-44)54-67-31-32-68-54/h3-26,33-34H,27-32H2,1-2H3,(H,61,62)(H,63,64)(H,65,66)(H,67,68)(H,69,77)(H,70,78)(H,71,79)(H,72,80)(H2,73,75,81)(H2,74,76,82). The molecule has 8 amide bonds. The zero-order valence-corrected chi connectivity index (χ0v) is 44.5. The van der Waals surface area contributed by atoms with Crippen LogP contribution in [0.1, 0.15) is 63.7 Å². The van der Waals surface area contributed by atoms with Crippen LogP contribution in [-0.2, 0) is 0 Å². The summed E-state index contributed by atoms with van der Waals surface area (Å²) in [4.78, 5) is 100. The SMILES string of the molecule is CN=C(NC)c1ccc(NC(=O)c2ccc(C(=O)Nc3ccc(C4=NCCN4)cc3)c(NC(=O)Nc3ccc(NC(=O)Nc4cc(C(=O)Nc5ccc(C6=NCCN6)cc5)ccc4C(=O)Nc4ccc(C5=NCCN5)cc4)cc3)c2)cc1. The normalized spacial score (nSPS) is 13.3. The number of hydrogen-bond acceptors (Lipinski definition) is 13. The van der Waals surface area contributed by atoms with Gasteiger partial charge in [0.25, 0.3) is 23.6 Å². The number of carbonyl (C=O) groups excluding carboxylic acids is 6. The van der Waals surface area contributed by atoms with Crippen LogP contribution in [0.5, 0.6) is 0 Å². The number of carbonyl (C=O) groups is 6. The number of urea groups is 2. The van der Waals surface area contributed by atoms with Crippen molar-refractivity contribution in [2.24, 2.45) is 20.0 Å². The summed E-state index contributed by atoms with van der Waals surface area (Å²) in [5.41, 5.74) is 6.59. The number of nitrogens with one attached hydrogen (secondary N) is 12. The molecule has 3 heterocycles. The predicted molar refractivity (Wildman–Crippen MR) is 322 cm³/mol. The average Bonchev–Trinajstić information content (AvgIpc) is 4.39. The maximum absolute atomic E-state index is 13.9. The number of hydrogen-bond donors (Lipinski definition) is 12. The van der Waals surface area contributed by atoms with Gasteiger partial charge in [-0.3, -0.25) is 39.1 Å². The van der Waals surface area contributed by atoms with Crippen molar-refractivity contribution in [1.29, 1.82) is 0 Å². The van der Waals surface area contributed by atoms with Crippen LogP contribution in [0.3, 0.4) is 0 Å². The van der Waals surface area contributed by atoms with Crippen LogP contribution in [0.4, 0.5) is 55.1 Å². The lowest BCUT2D eigenvalue weighted by molar-refractivity contribution is 0.101. The molecule has 0 aliphatic carbocycles. The monoisotopic (exact) mass is 1100 g/mol. The van der Waals surface area contributed by atoms with Crippen molar-refractivity contribution in [3.05, 3.63) is 202 Å². The van der Waals surface area contributed by atoms with E-state index < -0.39 is 35.7 Å². The molecule has 7 aromatic carbocycles. The Labute approximate surface area is 470 Å². The van der Waals surface area contributed by atoms with Gasteiger partial charge in [0, 0.05) is 101 Å². The van der Waals surface area contributed by atoms with E-state index in [0.29, 0.717) is 59.6 Å². The van der Waals surface area contributed by atoms with Gasteiger partial charge < -0.3 is 63.8 Å². The second kappa shape index (κ2) is 25.1. The Bertz CT molecular complexity index is 3490. The lowest BCUT2D eigenvalue weighted by atomic mass is 10.1. The maximum Gasteiger partial charge on any atom is 0.323 e. The average molecular weight is 1100 g/mol. The molecule has 0 fully saturated rings. The molecule has 22 heteroatoms. The second-order valence-electron chi connectivity index (χ2n) is 18.7. The number of anilines is 8. The first-order valence-corrected chi connectivity index (χ1v) is 26.2. The molecule has 3 aliphatic heterocycles. The molecule has 0 atom stereocenters. The zero-order valence-electron chi connectivity index (χ0n) is 44.5. The summed E-state index contributed by atoms with van der Waals surface area (Å²) in [6.45, 7) is 4.30. The highest BCUT2D eigenvalue weighted by Crippen LogP contribution is 2.26. The van der Waals surface area contributed by atoms with Gasteiger partial charge in [-0.2, -0.15) is 0 Å². The molecule has 7 aromatic rings. The van der Waals surface area contributed by atoms with Crippen LogP contribution in [0.25, 0.3) is 0 Å². The van der Waals surface area contributed by atoms with Gasteiger partial charge >= 0.3 is 12.1 Å². The molecule has 82 heavy (non-hydrogen) atoms. The Morgan fingerprint density at radius 2 is 0.683 bits per heavy atom. The van der Waals surface area contributed by atoms with E-state index in [9.17, 15) is 28.8 Å². The third kappa shape index (κ3) is 13.4. The summed E-state index contributed by atoms with van der Waals surface area (Å²) in [6.07, 6.45) is 0. The van der Waals surface area contributed by atoms with Crippen molar-refractivity contribution in [3.63, 3.8) is 0 Å². The fraction of sp³-hybridized carbons (Fsp3) is 0.133. The van der Waals surface area contributed by atoms with E-state index in [4.69, 9.17) is 0 Å². The number of amidine groups is 4. The fourth-order valence-corrected chi connectivity index (χ4v) is 8.99. The van der Waals surface area contributed by atoms with Crippen LogP contribution >= 0.6 is 0 Å². The van der Waals surface area contributed by atoms with Gasteiger partial charge in [-0.15, -0.1) is 0 Å². The number of benzene rings is 7. The quantitative estimate of drug-likeness (QED) is 0.0332. The summed E-state index contributed by atoms with van der Waals surface area (Å²) in [6, 6.07) is 42.0. The van der Waals surface area contributed by atoms with E-state index in [2.05, 4.69) is 83.8 Å². The van der Waals surface area contributed by atoms with Crippen molar-refractivity contribution in [2.45, 2.75) is 0 Å². The third-order valence-electron chi connectivity index (χ3n) is 13.1. The summed E-state index contributed by atoms with van der Waals surface area (Å²) in [5.74, 6) is 0.915. The Morgan fingerprint density at radius 3 is 1.00 bits per heavy atom. The topological polar surface area (TPSA) is 296 Å². The summed E-state index contributed by atoms with van der Waals surface area (Å²) in [5, 5.41) is 35.1. The van der Waals surface area contributed by atoms with Gasteiger partial charge in [0.15, 0.2) is 0 Å². The van der Waals surface area contributed by atoms with E-state index in [1.807, 2.05) is 48.5 Å². The van der Waals surface area contributed by atoms with E-state index in [0.717, 1.165) is 59.4 Å². The van der Waals surface area contributed by atoms with Crippen LogP contribution in [0, 0.1) is 0 Å². The molecular weight excluding hydrogens is 1040 g/mol. The van der Waals surface area contributed by atoms with E-state index in [1.165, 1.54) is 60.7 Å². The molecular formula is C60H56N16O6.